The molecule has 1 aliphatic heterocycles. The van der Waals surface area contributed by atoms with Crippen molar-refractivity contribution in [2.24, 2.45) is 0 Å². The minimum atomic E-state index is -0.504. The van der Waals surface area contributed by atoms with E-state index in [1.54, 1.807) is 43.0 Å². The first-order valence-corrected chi connectivity index (χ1v) is 8.59. The summed E-state index contributed by atoms with van der Waals surface area (Å²) in [6.07, 6.45) is 0. The first kappa shape index (κ1) is 16.6. The summed E-state index contributed by atoms with van der Waals surface area (Å²) in [6.45, 7) is 0.558. The molecule has 0 bridgehead atoms. The Kier molecular flexibility index (Phi) is 4.94. The summed E-state index contributed by atoms with van der Waals surface area (Å²) >= 11 is 1.63. The lowest BCUT2D eigenvalue weighted by Gasteiger charge is -2.26. The lowest BCUT2D eigenvalue weighted by Crippen LogP contribution is -2.31. The van der Waals surface area contributed by atoms with Crippen LogP contribution in [0, 0.1) is 5.82 Å². The Hall–Kier alpha value is -2.21. The molecule has 24 heavy (non-hydrogen) atoms. The lowest BCUT2D eigenvalue weighted by atomic mass is 10.1. The molecule has 126 valence electrons. The smallest absolute Gasteiger partial charge is 0.258 e. The fourth-order valence-corrected chi connectivity index (χ4v) is 4.03. The van der Waals surface area contributed by atoms with Gasteiger partial charge in [0.25, 0.3) is 5.91 Å². The van der Waals surface area contributed by atoms with Gasteiger partial charge in [-0.3, -0.25) is 4.79 Å². The minimum absolute atomic E-state index is 0.0897. The van der Waals surface area contributed by atoms with E-state index in [9.17, 15) is 9.18 Å². The molecule has 1 aliphatic rings. The summed E-state index contributed by atoms with van der Waals surface area (Å²) in [5.74, 6) is 1.34. The van der Waals surface area contributed by atoms with Gasteiger partial charge in [-0.1, -0.05) is 12.1 Å². The first-order valence-electron chi connectivity index (χ1n) is 7.54. The van der Waals surface area contributed by atoms with Gasteiger partial charge in [0.2, 0.25) is 0 Å². The average molecular weight is 347 g/mol. The van der Waals surface area contributed by atoms with Gasteiger partial charge in [-0.2, -0.15) is 0 Å². The standard InChI is InChI=1S/C18H18FNO3S/c1-22-12-7-8-16(23-2)14(11-12)18-20(9-10-24-18)17(21)13-5-3-4-6-15(13)19/h3-8,11,18H,9-10H2,1-2H3/t18-/m1/s1. The van der Waals surface area contributed by atoms with Crippen molar-refractivity contribution in [3.8, 4) is 11.5 Å². The van der Waals surface area contributed by atoms with Crippen LogP contribution in [0.3, 0.4) is 0 Å². The number of amides is 1. The van der Waals surface area contributed by atoms with Gasteiger partial charge in [-0.05, 0) is 30.3 Å². The van der Waals surface area contributed by atoms with Crippen molar-refractivity contribution < 1.29 is 18.7 Å². The Labute approximate surface area is 144 Å². The molecule has 4 nitrogen and oxygen atoms in total. The van der Waals surface area contributed by atoms with Crippen LogP contribution in [0.25, 0.3) is 0 Å². The van der Waals surface area contributed by atoms with Gasteiger partial charge in [0.1, 0.15) is 22.7 Å². The zero-order valence-corrected chi connectivity index (χ0v) is 14.3. The van der Waals surface area contributed by atoms with Crippen LogP contribution < -0.4 is 9.47 Å². The van der Waals surface area contributed by atoms with E-state index in [4.69, 9.17) is 9.47 Å². The second-order valence-electron chi connectivity index (χ2n) is 5.31. The Morgan fingerprint density at radius 2 is 2.00 bits per heavy atom. The van der Waals surface area contributed by atoms with Gasteiger partial charge >= 0.3 is 0 Å². The van der Waals surface area contributed by atoms with Crippen LogP contribution in [-0.4, -0.2) is 37.3 Å². The monoisotopic (exact) mass is 347 g/mol. The third-order valence-electron chi connectivity index (χ3n) is 3.96. The molecule has 0 saturated carbocycles. The molecule has 0 radical (unpaired) electrons. The Morgan fingerprint density at radius 3 is 2.71 bits per heavy atom. The Bertz CT molecular complexity index is 753. The molecule has 0 aromatic heterocycles. The molecular weight excluding hydrogens is 329 g/mol. The van der Waals surface area contributed by atoms with Crippen LogP contribution in [0.4, 0.5) is 4.39 Å². The highest BCUT2D eigenvalue weighted by Crippen LogP contribution is 2.43. The van der Waals surface area contributed by atoms with Gasteiger partial charge in [0, 0.05) is 17.9 Å². The number of hydrogen-bond acceptors (Lipinski definition) is 4. The quantitative estimate of drug-likeness (QED) is 0.845. The van der Waals surface area contributed by atoms with E-state index in [1.807, 2.05) is 18.2 Å². The molecule has 0 spiro atoms. The number of thioether (sulfide) groups is 1. The summed E-state index contributed by atoms with van der Waals surface area (Å²) in [5.41, 5.74) is 0.941. The summed E-state index contributed by atoms with van der Waals surface area (Å²) in [6, 6.07) is 11.6. The molecule has 2 aromatic carbocycles. The summed E-state index contributed by atoms with van der Waals surface area (Å²) in [4.78, 5) is 14.5. The summed E-state index contributed by atoms with van der Waals surface area (Å²) < 4.78 is 24.7. The summed E-state index contributed by atoms with van der Waals surface area (Å²) in [7, 11) is 3.18. The second kappa shape index (κ2) is 7.13. The largest absolute Gasteiger partial charge is 0.497 e. The van der Waals surface area contributed by atoms with E-state index in [1.165, 1.54) is 12.1 Å². The van der Waals surface area contributed by atoms with Gasteiger partial charge in [0.05, 0.1) is 19.8 Å². The third-order valence-corrected chi connectivity index (χ3v) is 5.20. The van der Waals surface area contributed by atoms with Crippen LogP contribution in [-0.2, 0) is 0 Å². The van der Waals surface area contributed by atoms with E-state index >= 15 is 0 Å². The topological polar surface area (TPSA) is 38.8 Å². The van der Waals surface area contributed by atoms with Crippen molar-refractivity contribution >= 4 is 17.7 Å². The third kappa shape index (κ3) is 3.06. The molecule has 1 atom stereocenters. The fraction of sp³-hybridized carbons (Fsp3) is 0.278. The van der Waals surface area contributed by atoms with Crippen LogP contribution in [0.15, 0.2) is 42.5 Å². The highest BCUT2D eigenvalue weighted by Gasteiger charge is 2.34. The number of benzene rings is 2. The maximum atomic E-state index is 14.0. The Balaban J connectivity index is 1.97. The van der Waals surface area contributed by atoms with Gasteiger partial charge in [-0.25, -0.2) is 4.39 Å². The molecule has 2 aromatic rings. The second-order valence-corrected chi connectivity index (χ2v) is 6.50. The number of rotatable bonds is 4. The molecule has 0 aliphatic carbocycles. The number of nitrogens with zero attached hydrogens (tertiary/aromatic N) is 1. The zero-order valence-electron chi connectivity index (χ0n) is 13.5. The van der Waals surface area contributed by atoms with E-state index in [0.717, 1.165) is 11.3 Å². The average Bonchev–Trinajstić information content (AvgIpc) is 3.10. The normalized spacial score (nSPS) is 17.0. The fourth-order valence-electron chi connectivity index (χ4n) is 2.76. The van der Waals surface area contributed by atoms with Gasteiger partial charge < -0.3 is 14.4 Å². The predicted octanol–water partition coefficient (Wildman–Crippen LogP) is 3.73. The van der Waals surface area contributed by atoms with Gasteiger partial charge in [0.15, 0.2) is 0 Å². The van der Waals surface area contributed by atoms with Crippen molar-refractivity contribution in [1.82, 2.24) is 4.90 Å². The van der Waals surface area contributed by atoms with Crippen molar-refractivity contribution in [2.45, 2.75) is 5.37 Å². The highest BCUT2D eigenvalue weighted by molar-refractivity contribution is 7.99. The molecule has 1 fully saturated rings. The van der Waals surface area contributed by atoms with Crippen LogP contribution in [0.2, 0.25) is 0 Å². The van der Waals surface area contributed by atoms with E-state index in [-0.39, 0.29) is 16.8 Å². The summed E-state index contributed by atoms with van der Waals surface area (Å²) in [5, 5.41) is -0.234. The van der Waals surface area contributed by atoms with Crippen molar-refractivity contribution in [2.75, 3.05) is 26.5 Å². The molecule has 6 heteroatoms. The molecule has 0 N–H and O–H groups in total. The molecule has 1 amide bonds. The molecule has 3 rings (SSSR count). The SMILES string of the molecule is COc1ccc(OC)c([C@H]2SCCN2C(=O)c2ccccc2F)c1. The highest BCUT2D eigenvalue weighted by atomic mass is 32.2. The zero-order chi connectivity index (χ0) is 17.1. The number of halogens is 1. The minimum Gasteiger partial charge on any atom is -0.497 e. The molecular formula is C18H18FNO3S. The van der Waals surface area contributed by atoms with Gasteiger partial charge in [-0.15, -0.1) is 11.8 Å². The maximum absolute atomic E-state index is 14.0. The van der Waals surface area contributed by atoms with Crippen LogP contribution in [0.1, 0.15) is 21.3 Å². The predicted molar refractivity (Wildman–Crippen MR) is 92.2 cm³/mol. The van der Waals surface area contributed by atoms with Crippen molar-refractivity contribution in [1.29, 1.82) is 0 Å². The first-order chi connectivity index (χ1) is 11.7. The van der Waals surface area contributed by atoms with E-state index in [2.05, 4.69) is 0 Å². The number of carbonyl (C=O) groups is 1. The number of ether oxygens (including phenoxy) is 2. The lowest BCUT2D eigenvalue weighted by molar-refractivity contribution is 0.0754. The molecule has 0 unspecified atom stereocenters. The van der Waals surface area contributed by atoms with E-state index < -0.39 is 5.82 Å². The number of methoxy groups -OCH3 is 2. The van der Waals surface area contributed by atoms with E-state index in [0.29, 0.717) is 18.0 Å². The van der Waals surface area contributed by atoms with Crippen molar-refractivity contribution in [3.05, 3.63) is 59.4 Å². The van der Waals surface area contributed by atoms with Crippen molar-refractivity contribution in [3.63, 3.8) is 0 Å². The number of hydrogen-bond donors (Lipinski definition) is 0. The van der Waals surface area contributed by atoms with Crippen LogP contribution >= 0.6 is 11.8 Å². The molecule has 1 saturated heterocycles. The maximum Gasteiger partial charge on any atom is 0.258 e. The number of carbonyl (C=O) groups excluding carboxylic acids is 1. The van der Waals surface area contributed by atoms with Crippen LogP contribution in [0.5, 0.6) is 11.5 Å². The molecule has 1 heterocycles. The Morgan fingerprint density at radius 1 is 1.21 bits per heavy atom.